The van der Waals surface area contributed by atoms with Crippen LogP contribution in [0.4, 0.5) is 25.2 Å². The van der Waals surface area contributed by atoms with Crippen molar-refractivity contribution in [3.05, 3.63) is 59.2 Å². The predicted octanol–water partition coefficient (Wildman–Crippen LogP) is 7.66. The zero-order valence-electron chi connectivity index (χ0n) is 31.3. The first kappa shape index (κ1) is 48.3. The van der Waals surface area contributed by atoms with Crippen molar-refractivity contribution in [1.82, 2.24) is 0 Å². The minimum Gasteiger partial charge on any atom is -0.487 e. The molecular formula is C36H58F6NO9P. The summed E-state index contributed by atoms with van der Waals surface area (Å²) in [5.41, 5.74) is 4.08. The monoisotopic (exact) mass is 793 g/mol. The Kier molecular flexibility index (Phi) is 23.1. The number of carbonyl (C=O) groups excluding carboxylic acids is 1. The number of hydrogen-bond donors (Lipinski definition) is 1. The maximum absolute atomic E-state index is 11.3. The zero-order valence-corrected chi connectivity index (χ0v) is 32.2. The van der Waals surface area contributed by atoms with Crippen molar-refractivity contribution < 1.29 is 73.2 Å². The van der Waals surface area contributed by atoms with Gasteiger partial charge in [-0.2, -0.15) is 0 Å². The Morgan fingerprint density at radius 2 is 1.06 bits per heavy atom. The second-order valence-corrected chi connectivity index (χ2v) is 14.2. The molecule has 308 valence electrons. The van der Waals surface area contributed by atoms with Crippen LogP contribution in [0.15, 0.2) is 42.5 Å². The summed E-state index contributed by atoms with van der Waals surface area (Å²) in [6.07, 6.45) is 3.26. The Labute approximate surface area is 309 Å². The van der Waals surface area contributed by atoms with Gasteiger partial charge in [0.2, 0.25) is 0 Å². The topological polar surface area (TPSA) is 108 Å². The van der Waals surface area contributed by atoms with Gasteiger partial charge >= 0.3 is 39.0 Å². The zero-order chi connectivity index (χ0) is 39.5. The summed E-state index contributed by atoms with van der Waals surface area (Å²) in [5.74, 6) is 1.30. The van der Waals surface area contributed by atoms with Crippen LogP contribution in [-0.4, -0.2) is 98.4 Å². The number of halogens is 6. The number of ether oxygens (including phenoxy) is 8. The Morgan fingerprint density at radius 3 is 1.45 bits per heavy atom. The van der Waals surface area contributed by atoms with Gasteiger partial charge in [-0.3, -0.25) is 4.79 Å². The molecule has 2 aromatic rings. The molecule has 0 saturated carbocycles. The number of benzene rings is 2. The Balaban J connectivity index is 0.000000455. The van der Waals surface area contributed by atoms with Gasteiger partial charge in [0.15, 0.2) is 11.5 Å². The molecule has 1 aliphatic rings. The van der Waals surface area contributed by atoms with E-state index in [1.807, 2.05) is 38.1 Å². The molecule has 0 unspecified atom stereocenters. The van der Waals surface area contributed by atoms with Crippen LogP contribution in [0.3, 0.4) is 0 Å². The van der Waals surface area contributed by atoms with E-state index in [4.69, 9.17) is 37.9 Å². The summed E-state index contributed by atoms with van der Waals surface area (Å²) in [6.45, 7) is 17.0. The van der Waals surface area contributed by atoms with Crippen LogP contribution in [0.2, 0.25) is 0 Å². The van der Waals surface area contributed by atoms with Crippen molar-refractivity contribution in [2.24, 2.45) is 5.92 Å². The van der Waals surface area contributed by atoms with Crippen LogP contribution in [0.5, 0.6) is 11.5 Å². The maximum Gasteiger partial charge on any atom is 0.161 e. The largest absolute Gasteiger partial charge is 0.487 e. The van der Waals surface area contributed by atoms with Gasteiger partial charge in [-0.1, -0.05) is 55.3 Å². The number of carbonyl (C=O) groups is 1. The van der Waals surface area contributed by atoms with Gasteiger partial charge in [0, 0.05) is 5.56 Å². The van der Waals surface area contributed by atoms with E-state index in [1.165, 1.54) is 23.1 Å². The van der Waals surface area contributed by atoms with Gasteiger partial charge in [-0.05, 0) is 45.2 Å². The summed E-state index contributed by atoms with van der Waals surface area (Å²) in [4.78, 5) is 11.3. The molecule has 0 saturated heterocycles. The van der Waals surface area contributed by atoms with Crippen LogP contribution in [-0.2, 0) is 39.8 Å². The van der Waals surface area contributed by atoms with Crippen LogP contribution >= 0.6 is 7.81 Å². The molecule has 0 radical (unpaired) electrons. The van der Waals surface area contributed by atoms with Gasteiger partial charge < -0.3 is 43.2 Å². The molecule has 2 N–H and O–H groups in total. The van der Waals surface area contributed by atoms with Gasteiger partial charge in [0.25, 0.3) is 0 Å². The Morgan fingerprint density at radius 1 is 0.660 bits per heavy atom. The van der Waals surface area contributed by atoms with Gasteiger partial charge in [0.05, 0.1) is 85.1 Å². The molecule has 0 bridgehead atoms. The molecule has 0 fully saturated rings. The molecule has 17 heteroatoms. The second-order valence-electron chi connectivity index (χ2n) is 12.3. The van der Waals surface area contributed by atoms with Crippen molar-refractivity contribution >= 4 is 13.8 Å². The number of unbranched alkanes of at least 4 members (excludes halogenated alkanes) is 2. The second kappa shape index (κ2) is 25.4. The number of rotatable bonds is 9. The molecule has 3 rings (SSSR count). The van der Waals surface area contributed by atoms with Crippen LogP contribution in [0, 0.1) is 19.8 Å². The third-order valence-corrected chi connectivity index (χ3v) is 6.74. The van der Waals surface area contributed by atoms with Crippen LogP contribution in [0.25, 0.3) is 0 Å². The maximum atomic E-state index is 11.3. The van der Waals surface area contributed by atoms with E-state index in [0.29, 0.717) is 97.4 Å². The number of esters is 1. The molecule has 0 aromatic heterocycles. The molecule has 53 heavy (non-hydrogen) atoms. The number of para-hydroxylation sites is 2. The van der Waals surface area contributed by atoms with E-state index in [0.717, 1.165) is 25.9 Å². The van der Waals surface area contributed by atoms with E-state index in [9.17, 15) is 30.0 Å². The first-order chi connectivity index (χ1) is 24.9. The third-order valence-electron chi connectivity index (χ3n) is 6.74. The Hall–Kier alpha value is -2.72. The van der Waals surface area contributed by atoms with Crippen LogP contribution in [0.1, 0.15) is 49.8 Å². The fraction of sp³-hybridized carbons (Fsp3) is 0.639. The fourth-order valence-corrected chi connectivity index (χ4v) is 4.45. The van der Waals surface area contributed by atoms with E-state index < -0.39 is 7.81 Å². The van der Waals surface area contributed by atoms with Crippen molar-refractivity contribution in [2.75, 3.05) is 92.4 Å². The molecular weight excluding hydrogens is 735 g/mol. The average molecular weight is 794 g/mol. The van der Waals surface area contributed by atoms with Crippen molar-refractivity contribution in [2.45, 2.75) is 53.5 Å². The Bertz CT molecular complexity index is 1200. The molecule has 0 spiro atoms. The van der Waals surface area contributed by atoms with Crippen molar-refractivity contribution in [3.8, 4) is 11.5 Å². The predicted molar refractivity (Wildman–Crippen MR) is 191 cm³/mol. The number of nitrogens with two attached hydrogens (primary N) is 1. The number of aryl methyl sites for hydroxylation is 2. The number of hydrogen-bond acceptors (Lipinski definition) is 9. The third kappa shape index (κ3) is 33.6. The minimum absolute atomic E-state index is 0.0175. The van der Waals surface area contributed by atoms with E-state index in [1.54, 1.807) is 0 Å². The van der Waals surface area contributed by atoms with E-state index in [-0.39, 0.29) is 11.9 Å². The van der Waals surface area contributed by atoms with E-state index in [2.05, 4.69) is 37.4 Å². The number of quaternary nitrogens is 1. The summed E-state index contributed by atoms with van der Waals surface area (Å²) in [6, 6.07) is 14.3. The molecule has 0 amide bonds. The number of fused-ring (bicyclic) bond motifs is 1. The first-order valence-electron chi connectivity index (χ1n) is 17.8. The van der Waals surface area contributed by atoms with Gasteiger partial charge in [0.1, 0.15) is 19.8 Å². The fourth-order valence-electron chi connectivity index (χ4n) is 4.45. The van der Waals surface area contributed by atoms with Crippen molar-refractivity contribution in [1.29, 1.82) is 0 Å². The van der Waals surface area contributed by atoms with Crippen LogP contribution < -0.4 is 14.8 Å². The minimum atomic E-state index is -10.7. The summed E-state index contributed by atoms with van der Waals surface area (Å²) in [7, 11) is -10.7. The SMILES string of the molecule is Cc1cc(C)cc(C[NH2+]CCCCCOC(=O)C(C)C)c1.F[P-](F)(F)(F)(F)F.c1ccc2c(c1)OCCOCCOCCOCCOCCOCCO2. The van der Waals surface area contributed by atoms with Gasteiger partial charge in [-0.25, -0.2) is 0 Å². The smallest absolute Gasteiger partial charge is 0.161 e. The summed E-state index contributed by atoms with van der Waals surface area (Å²) < 4.78 is 103. The van der Waals surface area contributed by atoms with E-state index >= 15 is 0 Å². The quantitative estimate of drug-likeness (QED) is 0.119. The molecule has 10 nitrogen and oxygen atoms in total. The standard InChI is InChI=1S/C18H29NO2.C18H28O7.F6P/c1-14(2)18(20)21-9-7-5-6-8-19-13-17-11-15(3)10-16(4)12-17;1-2-4-18-17(3-1)24-15-13-22-11-9-20-7-5-19-6-8-21-10-12-23-14-16-25-18;1-7(2,3,4,5)6/h10-12,14,19H,5-9,13H2,1-4H3;1-4H,5-16H2;/q;;-1/p+1. The van der Waals surface area contributed by atoms with Gasteiger partial charge in [-0.15, -0.1) is 0 Å². The molecule has 0 atom stereocenters. The molecule has 1 aliphatic heterocycles. The first-order valence-corrected chi connectivity index (χ1v) is 19.8. The normalized spacial score (nSPS) is 17.0. The summed E-state index contributed by atoms with van der Waals surface area (Å²) >= 11 is 0. The molecule has 2 aromatic carbocycles. The van der Waals surface area contributed by atoms with Crippen molar-refractivity contribution in [3.63, 3.8) is 0 Å². The molecule has 0 aliphatic carbocycles. The summed E-state index contributed by atoms with van der Waals surface area (Å²) in [5, 5.41) is 2.36. The molecule has 1 heterocycles. The average Bonchev–Trinajstić information content (AvgIpc) is 3.05.